The van der Waals surface area contributed by atoms with Crippen molar-refractivity contribution in [1.82, 2.24) is 24.7 Å². The van der Waals surface area contributed by atoms with Crippen molar-refractivity contribution in [2.75, 3.05) is 0 Å². The summed E-state index contributed by atoms with van der Waals surface area (Å²) < 4.78 is 2.10. The van der Waals surface area contributed by atoms with Crippen molar-refractivity contribution in [3.63, 3.8) is 0 Å². The third-order valence-electron chi connectivity index (χ3n) is 11.3. The first kappa shape index (κ1) is 35.8. The fourth-order valence-corrected chi connectivity index (χ4v) is 8.35. The number of hydrogen-bond acceptors (Lipinski definition) is 4. The number of fused-ring (bicyclic) bond motifs is 3. The number of aromatic nitrogens is 5. The Morgan fingerprint density at radius 3 is 1.38 bits per heavy atom. The Hall–Kier alpha value is -8.28. The highest BCUT2D eigenvalue weighted by Crippen LogP contribution is 2.44. The zero-order valence-corrected chi connectivity index (χ0v) is 33.1. The monoisotopic (exact) mass is 779 g/mol. The molecule has 0 amide bonds. The van der Waals surface area contributed by atoms with Crippen LogP contribution in [0.1, 0.15) is 0 Å². The second-order valence-electron chi connectivity index (χ2n) is 15.1. The van der Waals surface area contributed by atoms with Gasteiger partial charge in [0, 0.05) is 33.0 Å². The predicted octanol–water partition coefficient (Wildman–Crippen LogP) is 14.0. The van der Waals surface area contributed by atoms with E-state index in [9.17, 15) is 0 Å². The lowest BCUT2D eigenvalue weighted by Gasteiger charge is -2.13. The number of hydrogen-bond donors (Lipinski definition) is 0. The van der Waals surface area contributed by atoms with Gasteiger partial charge in [0.05, 0.1) is 11.2 Å². The lowest BCUT2D eigenvalue weighted by atomic mass is 9.92. The highest BCUT2D eigenvalue weighted by Gasteiger charge is 2.24. The molecule has 9 aromatic carbocycles. The van der Waals surface area contributed by atoms with Crippen LogP contribution in [0.4, 0.5) is 0 Å². The van der Waals surface area contributed by atoms with Crippen molar-refractivity contribution >= 4 is 21.7 Å². The molecule has 0 fully saturated rings. The standard InChI is InChI=1S/C56H37N5/c1-5-19-38(20-6-1)41-26-17-28-44(35-41)54-57-55(45-29-18-27-42(36-45)39-21-7-2-8-22-39)59-56(58-54)49-34-16-15-33-48(49)52-51-50(40-23-9-3-10-24-40)37-43-25-13-14-32-47(43)53(51)61(60-52)46-30-11-4-12-31-46/h1-37H. The van der Waals surface area contributed by atoms with E-state index in [2.05, 4.69) is 211 Å². The summed E-state index contributed by atoms with van der Waals surface area (Å²) >= 11 is 0. The molecule has 286 valence electrons. The van der Waals surface area contributed by atoms with Crippen molar-refractivity contribution in [2.45, 2.75) is 0 Å². The van der Waals surface area contributed by atoms with Gasteiger partial charge in [0.1, 0.15) is 5.69 Å². The topological polar surface area (TPSA) is 56.5 Å². The summed E-state index contributed by atoms with van der Waals surface area (Å²) in [6.07, 6.45) is 0. The summed E-state index contributed by atoms with van der Waals surface area (Å²) in [5.41, 5.74) is 13.1. The molecule has 2 aromatic heterocycles. The molecule has 5 nitrogen and oxygen atoms in total. The van der Waals surface area contributed by atoms with Gasteiger partial charge in [0.25, 0.3) is 0 Å². The van der Waals surface area contributed by atoms with Gasteiger partial charge in [0.15, 0.2) is 17.5 Å². The van der Waals surface area contributed by atoms with Gasteiger partial charge in [-0.1, -0.05) is 194 Å². The molecule has 11 rings (SSSR count). The van der Waals surface area contributed by atoms with E-state index in [1.165, 1.54) is 0 Å². The average molecular weight is 780 g/mol. The zero-order chi connectivity index (χ0) is 40.5. The number of rotatable bonds is 8. The van der Waals surface area contributed by atoms with Crippen LogP contribution in [-0.2, 0) is 0 Å². The first-order valence-electron chi connectivity index (χ1n) is 20.5. The summed E-state index contributed by atoms with van der Waals surface area (Å²) in [4.78, 5) is 15.9. The average Bonchev–Trinajstić information content (AvgIpc) is 3.76. The summed E-state index contributed by atoms with van der Waals surface area (Å²) in [5, 5.41) is 8.88. The summed E-state index contributed by atoms with van der Waals surface area (Å²) in [7, 11) is 0. The minimum absolute atomic E-state index is 0.565. The second kappa shape index (κ2) is 15.5. The summed E-state index contributed by atoms with van der Waals surface area (Å²) in [5.74, 6) is 1.75. The maximum absolute atomic E-state index is 5.55. The Morgan fingerprint density at radius 1 is 0.311 bits per heavy atom. The summed E-state index contributed by atoms with van der Waals surface area (Å²) in [6.45, 7) is 0. The molecule has 0 aliphatic rings. The molecule has 0 radical (unpaired) electrons. The predicted molar refractivity (Wildman–Crippen MR) is 250 cm³/mol. The van der Waals surface area contributed by atoms with Crippen LogP contribution in [-0.4, -0.2) is 24.7 Å². The molecule has 2 heterocycles. The number of para-hydroxylation sites is 1. The maximum Gasteiger partial charge on any atom is 0.164 e. The first-order valence-corrected chi connectivity index (χ1v) is 20.5. The molecule has 0 aliphatic carbocycles. The van der Waals surface area contributed by atoms with E-state index in [4.69, 9.17) is 20.1 Å². The Labute approximate surface area is 354 Å². The van der Waals surface area contributed by atoms with E-state index < -0.39 is 0 Å². The van der Waals surface area contributed by atoms with Crippen LogP contribution in [0.15, 0.2) is 224 Å². The van der Waals surface area contributed by atoms with Crippen LogP contribution in [0.3, 0.4) is 0 Å². The quantitative estimate of drug-likeness (QED) is 0.154. The van der Waals surface area contributed by atoms with E-state index in [0.29, 0.717) is 17.5 Å². The summed E-state index contributed by atoms with van der Waals surface area (Å²) in [6, 6.07) is 78.0. The van der Waals surface area contributed by atoms with E-state index in [-0.39, 0.29) is 0 Å². The van der Waals surface area contributed by atoms with Crippen LogP contribution < -0.4 is 0 Å². The Kier molecular flexibility index (Phi) is 9.10. The first-order chi connectivity index (χ1) is 30.2. The molecule has 0 saturated carbocycles. The number of nitrogens with zero attached hydrogens (tertiary/aromatic N) is 5. The molecule has 0 bridgehead atoms. The van der Waals surface area contributed by atoms with Gasteiger partial charge >= 0.3 is 0 Å². The molecule has 0 saturated heterocycles. The van der Waals surface area contributed by atoms with Crippen molar-refractivity contribution in [2.24, 2.45) is 0 Å². The number of benzene rings is 9. The molecule has 61 heavy (non-hydrogen) atoms. The van der Waals surface area contributed by atoms with Crippen molar-refractivity contribution in [3.05, 3.63) is 224 Å². The largest absolute Gasteiger partial charge is 0.232 e. The molecular weight excluding hydrogens is 743 g/mol. The van der Waals surface area contributed by atoms with Gasteiger partial charge in [-0.05, 0) is 69.1 Å². The van der Waals surface area contributed by atoms with Crippen molar-refractivity contribution in [1.29, 1.82) is 0 Å². The molecule has 0 spiro atoms. The van der Waals surface area contributed by atoms with Crippen LogP contribution in [0.25, 0.3) is 106 Å². The lowest BCUT2D eigenvalue weighted by Crippen LogP contribution is -2.02. The molecule has 11 aromatic rings. The van der Waals surface area contributed by atoms with Crippen molar-refractivity contribution in [3.8, 4) is 84.5 Å². The van der Waals surface area contributed by atoms with Crippen LogP contribution in [0.2, 0.25) is 0 Å². The third kappa shape index (κ3) is 6.74. The fraction of sp³-hybridized carbons (Fsp3) is 0. The molecule has 5 heteroatoms. The van der Waals surface area contributed by atoms with Gasteiger partial charge in [-0.15, -0.1) is 0 Å². The lowest BCUT2D eigenvalue weighted by molar-refractivity contribution is 0.917. The van der Waals surface area contributed by atoms with E-state index >= 15 is 0 Å². The van der Waals surface area contributed by atoms with Crippen LogP contribution in [0, 0.1) is 0 Å². The SMILES string of the molecule is c1ccc(-c2cccc(-c3nc(-c4cccc(-c5ccccc5)c4)nc(-c4ccccc4-c4nn(-c5ccccc5)c5c4c(-c4ccccc4)cc4ccccc45)n3)c2)cc1. The van der Waals surface area contributed by atoms with E-state index in [1.807, 2.05) is 18.2 Å². The Bertz CT molecular complexity index is 3240. The normalized spacial score (nSPS) is 11.3. The second-order valence-corrected chi connectivity index (χ2v) is 15.1. The molecular formula is C56H37N5. The minimum Gasteiger partial charge on any atom is -0.232 e. The van der Waals surface area contributed by atoms with Gasteiger partial charge < -0.3 is 0 Å². The smallest absolute Gasteiger partial charge is 0.164 e. The minimum atomic E-state index is 0.565. The van der Waals surface area contributed by atoms with Crippen LogP contribution >= 0.6 is 0 Å². The molecule has 0 atom stereocenters. The van der Waals surface area contributed by atoms with Crippen molar-refractivity contribution < 1.29 is 0 Å². The molecule has 0 N–H and O–H groups in total. The molecule has 0 aliphatic heterocycles. The van der Waals surface area contributed by atoms with Gasteiger partial charge in [0.2, 0.25) is 0 Å². The highest BCUT2D eigenvalue weighted by atomic mass is 15.3. The third-order valence-corrected chi connectivity index (χ3v) is 11.3. The van der Waals surface area contributed by atoms with E-state index in [0.717, 1.165) is 88.7 Å². The van der Waals surface area contributed by atoms with E-state index in [1.54, 1.807) is 0 Å². The fourth-order valence-electron chi connectivity index (χ4n) is 8.35. The Morgan fingerprint density at radius 2 is 0.770 bits per heavy atom. The highest BCUT2D eigenvalue weighted by molar-refractivity contribution is 6.17. The van der Waals surface area contributed by atoms with Gasteiger partial charge in [-0.2, -0.15) is 5.10 Å². The van der Waals surface area contributed by atoms with Crippen LogP contribution in [0.5, 0.6) is 0 Å². The maximum atomic E-state index is 5.55. The Balaban J connectivity index is 1.18. The van der Waals surface area contributed by atoms with Gasteiger partial charge in [-0.25, -0.2) is 19.6 Å². The molecule has 0 unspecified atom stereocenters. The van der Waals surface area contributed by atoms with Gasteiger partial charge in [-0.3, -0.25) is 0 Å². The zero-order valence-electron chi connectivity index (χ0n) is 33.1.